The van der Waals surface area contributed by atoms with Gasteiger partial charge in [-0.15, -0.1) is 0 Å². The maximum atomic E-state index is 12.5. The van der Waals surface area contributed by atoms with Gasteiger partial charge in [-0.05, 0) is 12.1 Å². The van der Waals surface area contributed by atoms with Crippen molar-refractivity contribution in [2.45, 2.75) is 10.9 Å². The van der Waals surface area contributed by atoms with Crippen molar-refractivity contribution in [3.8, 4) is 0 Å². The Morgan fingerprint density at radius 3 is 2.60 bits per heavy atom. The van der Waals surface area contributed by atoms with Crippen molar-refractivity contribution in [2.75, 3.05) is 26.2 Å². The minimum atomic E-state index is -3.76. The first-order chi connectivity index (χ1) is 9.46. The number of nitro groups is 1. The van der Waals surface area contributed by atoms with E-state index in [1.807, 2.05) is 0 Å². The number of sulfonamides is 1. The molecule has 110 valence electrons. The van der Waals surface area contributed by atoms with Gasteiger partial charge in [-0.25, -0.2) is 8.42 Å². The van der Waals surface area contributed by atoms with Crippen LogP contribution in [0.25, 0.3) is 0 Å². The zero-order chi connectivity index (χ0) is 14.8. The highest BCUT2D eigenvalue weighted by Crippen LogP contribution is 2.21. The van der Waals surface area contributed by atoms with Gasteiger partial charge in [0.25, 0.3) is 5.69 Å². The van der Waals surface area contributed by atoms with Gasteiger partial charge in [-0.1, -0.05) is 0 Å². The van der Waals surface area contributed by atoms with Gasteiger partial charge in [0.05, 0.1) is 22.5 Å². The Kier molecular flexibility index (Phi) is 4.33. The molecule has 0 radical (unpaired) electrons. The number of piperazine rings is 1. The summed E-state index contributed by atoms with van der Waals surface area (Å²) < 4.78 is 26.1. The average molecular weight is 301 g/mol. The van der Waals surface area contributed by atoms with E-state index >= 15 is 0 Å². The zero-order valence-electron chi connectivity index (χ0n) is 10.6. The fourth-order valence-corrected chi connectivity index (χ4v) is 3.71. The third-order valence-corrected chi connectivity index (χ3v) is 5.13. The molecular formula is C11H15N3O5S. The standard InChI is InChI=1S/C11H15N3O5S/c15-8-10-7-12-5-6-13(10)20(18,19)11-3-1-9(2-4-11)14(16)17/h1-4,10,12,15H,5-8H2. The topological polar surface area (TPSA) is 113 Å². The van der Waals surface area contributed by atoms with Gasteiger partial charge in [0.15, 0.2) is 0 Å². The molecule has 0 amide bonds. The van der Waals surface area contributed by atoms with Crippen LogP contribution in [0.1, 0.15) is 0 Å². The summed E-state index contributed by atoms with van der Waals surface area (Å²) in [7, 11) is -3.76. The van der Waals surface area contributed by atoms with Crippen LogP contribution >= 0.6 is 0 Å². The van der Waals surface area contributed by atoms with Gasteiger partial charge in [0.2, 0.25) is 10.0 Å². The number of nitrogens with one attached hydrogen (secondary N) is 1. The molecule has 9 heteroatoms. The lowest BCUT2D eigenvalue weighted by Gasteiger charge is -2.33. The number of nitro benzene ring substituents is 1. The zero-order valence-corrected chi connectivity index (χ0v) is 11.4. The van der Waals surface area contributed by atoms with Crippen molar-refractivity contribution in [1.82, 2.24) is 9.62 Å². The molecule has 1 aromatic rings. The first-order valence-corrected chi connectivity index (χ1v) is 7.48. The van der Waals surface area contributed by atoms with E-state index in [9.17, 15) is 23.6 Å². The summed E-state index contributed by atoms with van der Waals surface area (Å²) in [5.74, 6) is 0. The molecule has 1 aromatic carbocycles. The summed E-state index contributed by atoms with van der Waals surface area (Å²) in [6.07, 6.45) is 0. The number of aliphatic hydroxyl groups is 1. The first kappa shape index (κ1) is 14.9. The van der Waals surface area contributed by atoms with E-state index in [0.29, 0.717) is 13.1 Å². The smallest absolute Gasteiger partial charge is 0.269 e. The highest BCUT2D eigenvalue weighted by atomic mass is 32.2. The van der Waals surface area contributed by atoms with Crippen LogP contribution in [-0.4, -0.2) is 55.0 Å². The summed E-state index contributed by atoms with van der Waals surface area (Å²) in [5.41, 5.74) is -0.164. The van der Waals surface area contributed by atoms with E-state index in [1.165, 1.54) is 16.4 Å². The number of aliphatic hydroxyl groups excluding tert-OH is 1. The van der Waals surface area contributed by atoms with Gasteiger partial charge in [0.1, 0.15) is 0 Å². The molecular weight excluding hydrogens is 286 g/mol. The molecule has 0 spiro atoms. The van der Waals surface area contributed by atoms with E-state index in [2.05, 4.69) is 5.32 Å². The normalized spacial score (nSPS) is 20.8. The molecule has 1 saturated heterocycles. The van der Waals surface area contributed by atoms with Crippen LogP contribution in [0, 0.1) is 10.1 Å². The van der Waals surface area contributed by atoms with Gasteiger partial charge in [-0.3, -0.25) is 10.1 Å². The largest absolute Gasteiger partial charge is 0.395 e. The van der Waals surface area contributed by atoms with Crippen molar-refractivity contribution in [3.05, 3.63) is 34.4 Å². The molecule has 2 rings (SSSR count). The second kappa shape index (κ2) is 5.83. The van der Waals surface area contributed by atoms with Gasteiger partial charge < -0.3 is 10.4 Å². The third kappa shape index (κ3) is 2.80. The van der Waals surface area contributed by atoms with Gasteiger partial charge in [-0.2, -0.15) is 4.31 Å². The summed E-state index contributed by atoms with van der Waals surface area (Å²) in [4.78, 5) is 9.97. The summed E-state index contributed by atoms with van der Waals surface area (Å²) in [6.45, 7) is 0.856. The first-order valence-electron chi connectivity index (χ1n) is 6.04. The molecule has 1 fully saturated rings. The van der Waals surface area contributed by atoms with Crippen LogP contribution in [0.5, 0.6) is 0 Å². The van der Waals surface area contributed by atoms with E-state index in [0.717, 1.165) is 12.1 Å². The number of non-ortho nitro benzene ring substituents is 1. The molecule has 1 heterocycles. The molecule has 1 aliphatic heterocycles. The monoisotopic (exact) mass is 301 g/mol. The number of rotatable bonds is 4. The molecule has 8 nitrogen and oxygen atoms in total. The molecule has 0 aliphatic carbocycles. The van der Waals surface area contributed by atoms with Crippen LogP contribution in [-0.2, 0) is 10.0 Å². The lowest BCUT2D eigenvalue weighted by Crippen LogP contribution is -2.54. The second-order valence-corrected chi connectivity index (χ2v) is 6.30. The number of benzene rings is 1. The Hall–Kier alpha value is -1.55. The van der Waals surface area contributed by atoms with Crippen molar-refractivity contribution in [3.63, 3.8) is 0 Å². The molecule has 2 N–H and O–H groups in total. The van der Waals surface area contributed by atoms with Gasteiger partial charge >= 0.3 is 0 Å². The number of nitrogens with zero attached hydrogens (tertiary/aromatic N) is 2. The Bertz CT molecular complexity index is 587. The minimum absolute atomic E-state index is 0.0107. The molecule has 1 unspecified atom stereocenters. The van der Waals surface area contributed by atoms with Crippen LogP contribution in [0.2, 0.25) is 0 Å². The van der Waals surface area contributed by atoms with E-state index in [-0.39, 0.29) is 23.7 Å². The fourth-order valence-electron chi connectivity index (χ4n) is 2.09. The van der Waals surface area contributed by atoms with Crippen molar-refractivity contribution in [1.29, 1.82) is 0 Å². The Labute approximate surface area is 116 Å². The van der Waals surface area contributed by atoms with Gasteiger partial charge in [0, 0.05) is 31.8 Å². The summed E-state index contributed by atoms with van der Waals surface area (Å²) >= 11 is 0. The molecule has 0 bridgehead atoms. The second-order valence-electron chi connectivity index (χ2n) is 4.41. The van der Waals surface area contributed by atoms with Crippen molar-refractivity contribution < 1.29 is 18.4 Å². The highest BCUT2D eigenvalue weighted by Gasteiger charge is 2.33. The Morgan fingerprint density at radius 2 is 2.05 bits per heavy atom. The fraction of sp³-hybridized carbons (Fsp3) is 0.455. The summed E-state index contributed by atoms with van der Waals surface area (Å²) in [6, 6.07) is 4.21. The molecule has 1 aliphatic rings. The van der Waals surface area contributed by atoms with Crippen LogP contribution in [0.3, 0.4) is 0 Å². The molecule has 0 saturated carbocycles. The van der Waals surface area contributed by atoms with Crippen molar-refractivity contribution >= 4 is 15.7 Å². The Balaban J connectivity index is 2.31. The number of hydrogen-bond acceptors (Lipinski definition) is 6. The minimum Gasteiger partial charge on any atom is -0.395 e. The quantitative estimate of drug-likeness (QED) is 0.575. The molecule has 20 heavy (non-hydrogen) atoms. The lowest BCUT2D eigenvalue weighted by atomic mass is 10.2. The average Bonchev–Trinajstić information content (AvgIpc) is 2.47. The maximum absolute atomic E-state index is 12.5. The number of hydrogen-bond donors (Lipinski definition) is 2. The van der Waals surface area contributed by atoms with E-state index < -0.39 is 21.0 Å². The van der Waals surface area contributed by atoms with Crippen LogP contribution in [0.4, 0.5) is 5.69 Å². The maximum Gasteiger partial charge on any atom is 0.269 e. The lowest BCUT2D eigenvalue weighted by molar-refractivity contribution is -0.384. The van der Waals surface area contributed by atoms with Crippen molar-refractivity contribution in [2.24, 2.45) is 0 Å². The predicted molar refractivity (Wildman–Crippen MR) is 70.7 cm³/mol. The Morgan fingerprint density at radius 1 is 1.40 bits per heavy atom. The van der Waals surface area contributed by atoms with E-state index in [1.54, 1.807) is 0 Å². The highest BCUT2D eigenvalue weighted by molar-refractivity contribution is 7.89. The van der Waals surface area contributed by atoms with E-state index in [4.69, 9.17) is 0 Å². The summed E-state index contributed by atoms with van der Waals surface area (Å²) in [5, 5.41) is 22.8. The predicted octanol–water partition coefficient (Wildman–Crippen LogP) is -0.450. The SMILES string of the molecule is O=[N+]([O-])c1ccc(S(=O)(=O)N2CCNCC2CO)cc1. The molecule has 0 aromatic heterocycles. The molecule has 1 atom stereocenters. The van der Waals surface area contributed by atoms with Crippen LogP contribution in [0.15, 0.2) is 29.2 Å². The van der Waals surface area contributed by atoms with Crippen LogP contribution < -0.4 is 5.32 Å². The third-order valence-electron chi connectivity index (χ3n) is 3.16.